The molecule has 0 fully saturated rings. The second kappa shape index (κ2) is 22.3. The highest BCUT2D eigenvalue weighted by atomic mass is 15.2. The normalized spacial score (nSPS) is 12.2. The number of benzene rings is 5. The van der Waals surface area contributed by atoms with E-state index in [1.807, 2.05) is 0 Å². The van der Waals surface area contributed by atoms with Gasteiger partial charge in [0, 0.05) is 23.5 Å². The molecule has 0 unspecified atom stereocenters. The Balaban J connectivity index is 1.52. The predicted octanol–water partition coefficient (Wildman–Crippen LogP) is 17.5. The molecular formula is C57H75N. The Labute approximate surface area is 354 Å². The SMILES string of the molecule is CCCCCCc1cc(CCCCCC)cc(-c2cc(-c3cc(CCCCCC)cc(CCCCCC)c3)cc(N3c4ccc(C)cc4Cc4cc(C)ccc43)c2)c1. The van der Waals surface area contributed by atoms with Crippen molar-refractivity contribution >= 4 is 17.1 Å². The van der Waals surface area contributed by atoms with Crippen molar-refractivity contribution in [3.8, 4) is 22.3 Å². The largest absolute Gasteiger partial charge is 0.310 e. The molecule has 1 nitrogen and oxygen atoms in total. The molecule has 0 atom stereocenters. The zero-order chi connectivity index (χ0) is 40.7. The van der Waals surface area contributed by atoms with Crippen LogP contribution in [0.4, 0.5) is 17.1 Å². The lowest BCUT2D eigenvalue weighted by molar-refractivity contribution is 0.661. The summed E-state index contributed by atoms with van der Waals surface area (Å²) in [6.07, 6.45) is 26.4. The molecule has 0 saturated carbocycles. The van der Waals surface area contributed by atoms with Crippen LogP contribution in [-0.4, -0.2) is 0 Å². The van der Waals surface area contributed by atoms with Gasteiger partial charge in [-0.3, -0.25) is 0 Å². The molecular weight excluding hydrogens is 699 g/mol. The first-order valence-corrected chi connectivity index (χ1v) is 23.8. The highest BCUT2D eigenvalue weighted by molar-refractivity contribution is 5.88. The Bertz CT molecular complexity index is 1850. The van der Waals surface area contributed by atoms with Crippen molar-refractivity contribution in [1.82, 2.24) is 0 Å². The summed E-state index contributed by atoms with van der Waals surface area (Å²) in [5.41, 5.74) is 20.8. The molecule has 0 aliphatic carbocycles. The van der Waals surface area contributed by atoms with Crippen LogP contribution in [0.3, 0.4) is 0 Å². The average Bonchev–Trinajstić information content (AvgIpc) is 3.23. The van der Waals surface area contributed by atoms with Crippen LogP contribution >= 0.6 is 0 Å². The Morgan fingerprint density at radius 1 is 0.362 bits per heavy atom. The molecule has 5 aromatic rings. The fraction of sp³-hybridized carbons (Fsp3) is 0.474. The molecule has 1 aliphatic rings. The Morgan fingerprint density at radius 2 is 0.707 bits per heavy atom. The van der Waals surface area contributed by atoms with Crippen molar-refractivity contribution in [2.75, 3.05) is 4.90 Å². The van der Waals surface area contributed by atoms with E-state index in [4.69, 9.17) is 0 Å². The van der Waals surface area contributed by atoms with E-state index < -0.39 is 0 Å². The van der Waals surface area contributed by atoms with E-state index >= 15 is 0 Å². The summed E-state index contributed by atoms with van der Waals surface area (Å²) in [6.45, 7) is 13.7. The van der Waals surface area contributed by atoms with Crippen LogP contribution in [0.2, 0.25) is 0 Å². The monoisotopic (exact) mass is 774 g/mol. The molecule has 308 valence electrons. The molecule has 1 heterocycles. The van der Waals surface area contributed by atoms with E-state index in [0.29, 0.717) is 0 Å². The summed E-state index contributed by atoms with van der Waals surface area (Å²) < 4.78 is 0. The summed E-state index contributed by atoms with van der Waals surface area (Å²) in [5.74, 6) is 0. The molecule has 0 aromatic heterocycles. The summed E-state index contributed by atoms with van der Waals surface area (Å²) in [6, 6.07) is 37.0. The molecule has 0 amide bonds. The highest BCUT2D eigenvalue weighted by Crippen LogP contribution is 2.46. The van der Waals surface area contributed by atoms with E-state index in [2.05, 4.69) is 137 Å². The summed E-state index contributed by atoms with van der Waals surface area (Å²) >= 11 is 0. The lowest BCUT2D eigenvalue weighted by Gasteiger charge is -2.34. The lowest BCUT2D eigenvalue weighted by Crippen LogP contribution is -2.19. The van der Waals surface area contributed by atoms with Gasteiger partial charge in [0.15, 0.2) is 0 Å². The van der Waals surface area contributed by atoms with Gasteiger partial charge < -0.3 is 4.90 Å². The average molecular weight is 774 g/mol. The number of aryl methyl sites for hydroxylation is 6. The van der Waals surface area contributed by atoms with Gasteiger partial charge in [-0.15, -0.1) is 0 Å². The van der Waals surface area contributed by atoms with Gasteiger partial charge in [-0.05, 0) is 151 Å². The van der Waals surface area contributed by atoms with Gasteiger partial charge in [-0.1, -0.05) is 177 Å². The van der Waals surface area contributed by atoms with Crippen LogP contribution in [-0.2, 0) is 32.1 Å². The number of hydrogen-bond acceptors (Lipinski definition) is 1. The second-order valence-electron chi connectivity index (χ2n) is 17.9. The third-order valence-corrected chi connectivity index (χ3v) is 12.6. The number of rotatable bonds is 23. The van der Waals surface area contributed by atoms with E-state index in [9.17, 15) is 0 Å². The van der Waals surface area contributed by atoms with Crippen LogP contribution in [0.15, 0.2) is 91.0 Å². The van der Waals surface area contributed by atoms with E-state index in [-0.39, 0.29) is 0 Å². The molecule has 6 rings (SSSR count). The summed E-state index contributed by atoms with van der Waals surface area (Å²) in [4.78, 5) is 2.58. The van der Waals surface area contributed by atoms with E-state index in [1.54, 1.807) is 0 Å². The van der Waals surface area contributed by atoms with E-state index in [0.717, 1.165) is 32.1 Å². The molecule has 58 heavy (non-hydrogen) atoms. The minimum absolute atomic E-state index is 0.972. The smallest absolute Gasteiger partial charge is 0.0497 e. The summed E-state index contributed by atoms with van der Waals surface area (Å²) in [5, 5.41) is 0. The van der Waals surface area contributed by atoms with Crippen LogP contribution in [0.1, 0.15) is 175 Å². The van der Waals surface area contributed by atoms with Gasteiger partial charge in [0.2, 0.25) is 0 Å². The molecule has 1 heteroatoms. The Kier molecular flexibility index (Phi) is 16.7. The zero-order valence-corrected chi connectivity index (χ0v) is 37.5. The number of fused-ring (bicyclic) bond motifs is 2. The third-order valence-electron chi connectivity index (χ3n) is 12.6. The van der Waals surface area contributed by atoms with Crippen molar-refractivity contribution in [3.63, 3.8) is 0 Å². The quantitative estimate of drug-likeness (QED) is 0.0586. The van der Waals surface area contributed by atoms with Crippen molar-refractivity contribution < 1.29 is 0 Å². The molecule has 0 spiro atoms. The number of nitrogens with zero attached hydrogens (tertiary/aromatic N) is 1. The first-order chi connectivity index (χ1) is 28.4. The maximum absolute atomic E-state index is 2.58. The van der Waals surface area contributed by atoms with Crippen LogP contribution in [0, 0.1) is 13.8 Å². The minimum Gasteiger partial charge on any atom is -0.310 e. The zero-order valence-electron chi connectivity index (χ0n) is 37.5. The van der Waals surface area contributed by atoms with Gasteiger partial charge in [0.05, 0.1) is 0 Å². The first-order valence-electron chi connectivity index (χ1n) is 23.8. The van der Waals surface area contributed by atoms with Gasteiger partial charge in [-0.25, -0.2) is 0 Å². The fourth-order valence-electron chi connectivity index (χ4n) is 9.29. The molecule has 5 aromatic carbocycles. The maximum atomic E-state index is 2.58. The second-order valence-corrected chi connectivity index (χ2v) is 17.9. The fourth-order valence-corrected chi connectivity index (χ4v) is 9.29. The maximum Gasteiger partial charge on any atom is 0.0497 e. The standard InChI is InChI=1S/C57H75N/c1-7-11-15-19-23-45-33-46(24-20-16-12-8-2)36-49(35-45)51-39-52(50-37-47(25-21-17-13-9-3)34-48(38-50)26-22-18-14-10-4)42-55(41-51)58-56-29-27-43(5)31-53(56)40-54-32-44(6)28-30-57(54)58/h27-39,41-42H,7-26,40H2,1-6H3. The Hall–Kier alpha value is -4.10. The van der Waals surface area contributed by atoms with Gasteiger partial charge in [-0.2, -0.15) is 0 Å². The van der Waals surface area contributed by atoms with E-state index in [1.165, 1.54) is 187 Å². The van der Waals surface area contributed by atoms with Gasteiger partial charge in [0.1, 0.15) is 0 Å². The van der Waals surface area contributed by atoms with Crippen LogP contribution in [0.5, 0.6) is 0 Å². The van der Waals surface area contributed by atoms with Crippen molar-refractivity contribution in [1.29, 1.82) is 0 Å². The number of anilines is 3. The van der Waals surface area contributed by atoms with Gasteiger partial charge in [0.25, 0.3) is 0 Å². The molecule has 0 N–H and O–H groups in total. The molecule has 0 radical (unpaired) electrons. The topological polar surface area (TPSA) is 3.24 Å². The molecule has 1 aliphatic heterocycles. The van der Waals surface area contributed by atoms with Gasteiger partial charge >= 0.3 is 0 Å². The number of unbranched alkanes of at least 4 members (excludes halogenated alkanes) is 12. The first kappa shape index (κ1) is 43.5. The Morgan fingerprint density at radius 3 is 1.05 bits per heavy atom. The van der Waals surface area contributed by atoms with Crippen LogP contribution in [0.25, 0.3) is 22.3 Å². The van der Waals surface area contributed by atoms with Crippen molar-refractivity contribution in [2.45, 2.75) is 176 Å². The predicted molar refractivity (Wildman–Crippen MR) is 256 cm³/mol. The van der Waals surface area contributed by atoms with Crippen molar-refractivity contribution in [3.05, 3.63) is 136 Å². The molecule has 0 saturated heterocycles. The van der Waals surface area contributed by atoms with Crippen LogP contribution < -0.4 is 4.90 Å². The summed E-state index contributed by atoms with van der Waals surface area (Å²) in [7, 11) is 0. The third kappa shape index (κ3) is 12.0. The highest BCUT2D eigenvalue weighted by Gasteiger charge is 2.25. The number of hydrogen-bond donors (Lipinski definition) is 0. The molecule has 0 bridgehead atoms. The lowest BCUT2D eigenvalue weighted by atomic mass is 9.89. The minimum atomic E-state index is 0.972. The van der Waals surface area contributed by atoms with Crippen molar-refractivity contribution in [2.24, 2.45) is 0 Å².